The van der Waals surface area contributed by atoms with Crippen LogP contribution in [-0.4, -0.2) is 34.8 Å². The van der Waals surface area contributed by atoms with Crippen LogP contribution >= 0.6 is 0 Å². The lowest BCUT2D eigenvalue weighted by molar-refractivity contribution is -0.144. The number of benzene rings is 1. The van der Waals surface area contributed by atoms with Gasteiger partial charge in [-0.05, 0) is 18.6 Å². The highest BCUT2D eigenvalue weighted by atomic mass is 19.1. The summed E-state index contributed by atoms with van der Waals surface area (Å²) in [7, 11) is 0. The van der Waals surface area contributed by atoms with Crippen LogP contribution in [0.2, 0.25) is 0 Å². The fraction of sp³-hybridized carbons (Fsp3) is 0.400. The van der Waals surface area contributed by atoms with E-state index in [0.717, 1.165) is 0 Å². The van der Waals surface area contributed by atoms with Crippen molar-refractivity contribution in [2.24, 2.45) is 5.16 Å². The zero-order chi connectivity index (χ0) is 16.1. The first kappa shape index (κ1) is 15.9. The minimum atomic E-state index is -1.08. The van der Waals surface area contributed by atoms with Crippen LogP contribution in [0.1, 0.15) is 31.7 Å². The second-order valence-electron chi connectivity index (χ2n) is 5.03. The summed E-state index contributed by atoms with van der Waals surface area (Å²) in [6, 6.07) is 4.89. The zero-order valence-electron chi connectivity index (χ0n) is 12.1. The molecule has 0 aliphatic carbocycles. The molecule has 0 spiro atoms. The lowest BCUT2D eigenvalue weighted by Gasteiger charge is -2.15. The van der Waals surface area contributed by atoms with E-state index in [1.54, 1.807) is 12.1 Å². The molecule has 6 nitrogen and oxygen atoms in total. The number of aliphatic carboxylic acids is 1. The molecule has 1 aromatic rings. The molecule has 0 saturated heterocycles. The van der Waals surface area contributed by atoms with E-state index in [1.165, 1.54) is 12.1 Å². The van der Waals surface area contributed by atoms with Gasteiger partial charge >= 0.3 is 5.97 Å². The molecule has 1 aliphatic heterocycles. The number of carbonyl (C=O) groups is 2. The van der Waals surface area contributed by atoms with Crippen LogP contribution in [-0.2, 0) is 14.4 Å². The standard InChI is InChI=1S/C15H17FN2O4/c1-2-4-11(15(20)21)17-14(19)13-8-12(18-22-13)9-5-3-6-10(16)7-9/h3,5-7,11,13H,2,4,8H2,1H3,(H,17,19)(H,20,21). The first-order valence-electron chi connectivity index (χ1n) is 7.03. The molecule has 2 unspecified atom stereocenters. The molecular weight excluding hydrogens is 291 g/mol. The van der Waals surface area contributed by atoms with E-state index in [4.69, 9.17) is 9.94 Å². The van der Waals surface area contributed by atoms with E-state index in [2.05, 4.69) is 10.5 Å². The van der Waals surface area contributed by atoms with Gasteiger partial charge in [0.15, 0.2) is 0 Å². The predicted octanol–water partition coefficient (Wildman–Crippen LogP) is 1.69. The summed E-state index contributed by atoms with van der Waals surface area (Å²) in [4.78, 5) is 28.1. The number of amides is 1. The van der Waals surface area contributed by atoms with Gasteiger partial charge in [0.05, 0.1) is 5.71 Å². The van der Waals surface area contributed by atoms with Crippen molar-refractivity contribution < 1.29 is 23.9 Å². The van der Waals surface area contributed by atoms with Crippen molar-refractivity contribution in [1.82, 2.24) is 5.32 Å². The molecule has 0 bridgehead atoms. The maximum Gasteiger partial charge on any atom is 0.326 e. The SMILES string of the molecule is CCCC(NC(=O)C1CC(c2cccc(F)c2)=NO1)C(=O)O. The van der Waals surface area contributed by atoms with E-state index in [1.807, 2.05) is 6.92 Å². The summed E-state index contributed by atoms with van der Waals surface area (Å²) in [5.74, 6) is -2.02. The summed E-state index contributed by atoms with van der Waals surface area (Å²) in [5, 5.41) is 15.3. The van der Waals surface area contributed by atoms with Gasteiger partial charge < -0.3 is 15.3 Å². The number of hydrogen-bond donors (Lipinski definition) is 2. The van der Waals surface area contributed by atoms with Crippen LogP contribution in [0.5, 0.6) is 0 Å². The van der Waals surface area contributed by atoms with Gasteiger partial charge in [0.25, 0.3) is 5.91 Å². The summed E-state index contributed by atoms with van der Waals surface area (Å²) in [5.41, 5.74) is 1.00. The average Bonchev–Trinajstić information content (AvgIpc) is 2.96. The quantitative estimate of drug-likeness (QED) is 0.837. The normalized spacial score (nSPS) is 18.3. The number of oxime groups is 1. The smallest absolute Gasteiger partial charge is 0.326 e. The fourth-order valence-electron chi connectivity index (χ4n) is 2.17. The first-order valence-corrected chi connectivity index (χ1v) is 7.03. The molecule has 2 rings (SSSR count). The maximum atomic E-state index is 13.2. The Kier molecular flexibility index (Phi) is 5.08. The molecule has 7 heteroatoms. The maximum absolute atomic E-state index is 13.2. The largest absolute Gasteiger partial charge is 0.480 e. The number of carboxylic acid groups (broad SMARTS) is 1. The Morgan fingerprint density at radius 1 is 1.55 bits per heavy atom. The lowest BCUT2D eigenvalue weighted by atomic mass is 10.0. The van der Waals surface area contributed by atoms with Crippen molar-refractivity contribution in [2.45, 2.75) is 38.3 Å². The van der Waals surface area contributed by atoms with E-state index >= 15 is 0 Å². The lowest BCUT2D eigenvalue weighted by Crippen LogP contribution is -2.45. The van der Waals surface area contributed by atoms with E-state index in [0.29, 0.717) is 24.1 Å². The molecule has 118 valence electrons. The Morgan fingerprint density at radius 2 is 2.32 bits per heavy atom. The summed E-state index contributed by atoms with van der Waals surface area (Å²) >= 11 is 0. The molecular formula is C15H17FN2O4. The first-order chi connectivity index (χ1) is 10.5. The Balaban J connectivity index is 1.96. The van der Waals surface area contributed by atoms with Crippen molar-refractivity contribution in [3.63, 3.8) is 0 Å². The van der Waals surface area contributed by atoms with Crippen LogP contribution in [0.3, 0.4) is 0 Å². The molecule has 1 amide bonds. The molecule has 1 aliphatic rings. The van der Waals surface area contributed by atoms with Gasteiger partial charge in [-0.2, -0.15) is 0 Å². The number of hydrogen-bond acceptors (Lipinski definition) is 4. The third kappa shape index (κ3) is 3.81. The van der Waals surface area contributed by atoms with Gasteiger partial charge in [0.1, 0.15) is 11.9 Å². The van der Waals surface area contributed by atoms with E-state index in [-0.39, 0.29) is 6.42 Å². The molecule has 22 heavy (non-hydrogen) atoms. The summed E-state index contributed by atoms with van der Waals surface area (Å²) in [6.45, 7) is 1.83. The highest BCUT2D eigenvalue weighted by Gasteiger charge is 2.31. The van der Waals surface area contributed by atoms with Crippen LogP contribution in [0.4, 0.5) is 4.39 Å². The Labute approximate surface area is 127 Å². The average molecular weight is 308 g/mol. The van der Waals surface area contributed by atoms with Gasteiger partial charge in [-0.25, -0.2) is 9.18 Å². The molecule has 2 N–H and O–H groups in total. The van der Waals surface area contributed by atoms with E-state index in [9.17, 15) is 14.0 Å². The fourth-order valence-corrected chi connectivity index (χ4v) is 2.17. The molecule has 1 aromatic carbocycles. The topological polar surface area (TPSA) is 88.0 Å². The highest BCUT2D eigenvalue weighted by molar-refractivity contribution is 6.04. The Morgan fingerprint density at radius 3 is 2.95 bits per heavy atom. The number of carboxylic acids is 1. The third-order valence-corrected chi connectivity index (χ3v) is 3.31. The number of halogens is 1. The van der Waals surface area contributed by atoms with Gasteiger partial charge in [-0.15, -0.1) is 0 Å². The molecule has 0 aromatic heterocycles. The van der Waals surface area contributed by atoms with Gasteiger partial charge in [0, 0.05) is 12.0 Å². The minimum Gasteiger partial charge on any atom is -0.480 e. The van der Waals surface area contributed by atoms with Crippen molar-refractivity contribution in [1.29, 1.82) is 0 Å². The Hall–Kier alpha value is -2.44. The van der Waals surface area contributed by atoms with Crippen molar-refractivity contribution in [2.75, 3.05) is 0 Å². The van der Waals surface area contributed by atoms with Crippen LogP contribution in [0, 0.1) is 5.82 Å². The van der Waals surface area contributed by atoms with E-state index < -0.39 is 29.8 Å². The number of nitrogens with zero attached hydrogens (tertiary/aromatic N) is 1. The second-order valence-corrected chi connectivity index (χ2v) is 5.03. The third-order valence-electron chi connectivity index (χ3n) is 3.31. The molecule has 2 atom stereocenters. The molecule has 1 heterocycles. The van der Waals surface area contributed by atoms with Crippen molar-refractivity contribution in [3.05, 3.63) is 35.6 Å². The van der Waals surface area contributed by atoms with Crippen LogP contribution < -0.4 is 5.32 Å². The van der Waals surface area contributed by atoms with Gasteiger partial charge in [0.2, 0.25) is 6.10 Å². The zero-order valence-corrected chi connectivity index (χ0v) is 12.1. The molecule has 0 saturated carbocycles. The monoisotopic (exact) mass is 308 g/mol. The summed E-state index contributed by atoms with van der Waals surface area (Å²) in [6.07, 6.45) is 0.254. The van der Waals surface area contributed by atoms with Crippen LogP contribution in [0.15, 0.2) is 29.4 Å². The summed E-state index contributed by atoms with van der Waals surface area (Å²) < 4.78 is 13.2. The van der Waals surface area contributed by atoms with Gasteiger partial charge in [-0.1, -0.05) is 30.6 Å². The second kappa shape index (κ2) is 7.02. The van der Waals surface area contributed by atoms with Crippen molar-refractivity contribution in [3.8, 4) is 0 Å². The number of rotatable bonds is 6. The van der Waals surface area contributed by atoms with Crippen molar-refractivity contribution >= 4 is 17.6 Å². The molecule has 0 radical (unpaired) electrons. The van der Waals surface area contributed by atoms with Gasteiger partial charge in [-0.3, -0.25) is 4.79 Å². The number of nitrogens with one attached hydrogen (secondary N) is 1. The van der Waals surface area contributed by atoms with Crippen LogP contribution in [0.25, 0.3) is 0 Å². The Bertz CT molecular complexity index is 603. The minimum absolute atomic E-state index is 0.174. The molecule has 0 fully saturated rings. The predicted molar refractivity (Wildman–Crippen MR) is 76.9 cm³/mol. The number of carbonyl (C=O) groups excluding carboxylic acids is 1. The highest BCUT2D eigenvalue weighted by Crippen LogP contribution is 2.18.